The van der Waals surface area contributed by atoms with Crippen molar-refractivity contribution in [2.45, 2.75) is 24.6 Å². The van der Waals surface area contributed by atoms with Gasteiger partial charge in [0.1, 0.15) is 10.6 Å². The van der Waals surface area contributed by atoms with Gasteiger partial charge in [0.15, 0.2) is 0 Å². The van der Waals surface area contributed by atoms with E-state index in [2.05, 4.69) is 5.10 Å². The molecule has 0 fully saturated rings. The molecule has 7 nitrogen and oxygen atoms in total. The highest BCUT2D eigenvalue weighted by Gasteiger charge is 2.22. The van der Waals surface area contributed by atoms with E-state index < -0.39 is 10.9 Å². The molecule has 0 bridgehead atoms. The fourth-order valence-electron chi connectivity index (χ4n) is 2.54. The number of hydrogen-bond donors (Lipinski definition) is 0. The lowest BCUT2D eigenvalue weighted by atomic mass is 10.2. The molecule has 0 spiro atoms. The molecule has 3 rings (SSSR count). The molecule has 2 heterocycles. The number of carbonyl (C=O) groups is 1. The van der Waals surface area contributed by atoms with Crippen molar-refractivity contribution in [3.8, 4) is 0 Å². The van der Waals surface area contributed by atoms with Crippen LogP contribution in [0.2, 0.25) is 0 Å². The van der Waals surface area contributed by atoms with Crippen LogP contribution in [0.25, 0.3) is 5.52 Å². The Morgan fingerprint density at radius 3 is 2.65 bits per heavy atom. The van der Waals surface area contributed by atoms with Crippen LogP contribution in [0.15, 0.2) is 47.5 Å². The number of aromatic nitrogens is 2. The lowest BCUT2D eigenvalue weighted by Gasteiger charge is -2.03. The summed E-state index contributed by atoms with van der Waals surface area (Å²) in [5.74, 6) is 0.132. The Hall–Kier alpha value is -2.87. The number of nitro benzene ring substituents is 1. The third-order valence-electron chi connectivity index (χ3n) is 3.82. The van der Waals surface area contributed by atoms with Crippen LogP contribution >= 0.6 is 11.8 Å². The van der Waals surface area contributed by atoms with E-state index in [1.54, 1.807) is 23.6 Å². The van der Waals surface area contributed by atoms with Crippen LogP contribution in [0.5, 0.6) is 0 Å². The molecule has 1 aromatic carbocycles. The number of nitrogens with zero attached hydrogens (tertiary/aromatic N) is 3. The number of hydrogen-bond acceptors (Lipinski definition) is 6. The lowest BCUT2D eigenvalue weighted by molar-refractivity contribution is -0.384. The minimum absolute atomic E-state index is 0.0503. The highest BCUT2D eigenvalue weighted by molar-refractivity contribution is 7.98. The number of carbonyl (C=O) groups excluding carboxylic acids is 1. The van der Waals surface area contributed by atoms with Gasteiger partial charge >= 0.3 is 5.97 Å². The summed E-state index contributed by atoms with van der Waals surface area (Å²) in [6.07, 6.45) is 0. The van der Waals surface area contributed by atoms with E-state index >= 15 is 0 Å². The van der Waals surface area contributed by atoms with Crippen LogP contribution < -0.4 is 0 Å². The van der Waals surface area contributed by atoms with E-state index in [1.165, 1.54) is 23.9 Å². The maximum Gasteiger partial charge on any atom is 0.343 e. The quantitative estimate of drug-likeness (QED) is 0.281. The zero-order chi connectivity index (χ0) is 18.7. The van der Waals surface area contributed by atoms with Crippen molar-refractivity contribution in [2.24, 2.45) is 0 Å². The SMILES string of the molecule is CCOC(=O)c1c(SCc2ccc([N+](=O)[O-])cc2)nn2c(C)cccc12. The average Bonchev–Trinajstić information content (AvgIpc) is 3.00. The van der Waals surface area contributed by atoms with E-state index in [4.69, 9.17) is 4.74 Å². The van der Waals surface area contributed by atoms with E-state index in [0.29, 0.717) is 21.9 Å². The monoisotopic (exact) mass is 371 g/mol. The normalized spacial score (nSPS) is 10.8. The van der Waals surface area contributed by atoms with Crippen molar-refractivity contribution in [1.82, 2.24) is 9.61 Å². The third kappa shape index (κ3) is 3.55. The minimum Gasteiger partial charge on any atom is -0.462 e. The van der Waals surface area contributed by atoms with Gasteiger partial charge in [0.2, 0.25) is 0 Å². The second-order valence-corrected chi connectivity index (χ2v) is 6.54. The topological polar surface area (TPSA) is 86.7 Å². The number of thioether (sulfide) groups is 1. The molecular weight excluding hydrogens is 354 g/mol. The Morgan fingerprint density at radius 1 is 1.27 bits per heavy atom. The third-order valence-corrected chi connectivity index (χ3v) is 4.85. The van der Waals surface area contributed by atoms with Gasteiger partial charge in [0, 0.05) is 23.6 Å². The van der Waals surface area contributed by atoms with Crippen LogP contribution in [0.3, 0.4) is 0 Å². The molecule has 26 heavy (non-hydrogen) atoms. The first-order valence-corrected chi connectivity index (χ1v) is 9.01. The van der Waals surface area contributed by atoms with E-state index in [0.717, 1.165) is 11.3 Å². The number of rotatable bonds is 6. The molecule has 0 saturated carbocycles. The summed E-state index contributed by atoms with van der Waals surface area (Å²) in [5, 5.41) is 15.9. The molecule has 0 atom stereocenters. The van der Waals surface area contributed by atoms with Crippen molar-refractivity contribution in [1.29, 1.82) is 0 Å². The summed E-state index contributed by atoms with van der Waals surface area (Å²) in [4.78, 5) is 22.7. The first-order chi connectivity index (χ1) is 12.5. The van der Waals surface area contributed by atoms with Gasteiger partial charge in [0.05, 0.1) is 17.0 Å². The van der Waals surface area contributed by atoms with E-state index in [1.807, 2.05) is 25.1 Å². The van der Waals surface area contributed by atoms with E-state index in [-0.39, 0.29) is 12.3 Å². The maximum absolute atomic E-state index is 12.4. The predicted molar refractivity (Wildman–Crippen MR) is 98.5 cm³/mol. The number of nitro groups is 1. The van der Waals surface area contributed by atoms with Gasteiger partial charge in [-0.3, -0.25) is 10.1 Å². The fraction of sp³-hybridized carbons (Fsp3) is 0.222. The highest BCUT2D eigenvalue weighted by Crippen LogP contribution is 2.30. The Labute approximate surface area is 154 Å². The second kappa shape index (κ2) is 7.57. The largest absolute Gasteiger partial charge is 0.462 e. The summed E-state index contributed by atoms with van der Waals surface area (Å²) in [6.45, 7) is 3.96. The van der Waals surface area contributed by atoms with Crippen molar-refractivity contribution in [3.05, 3.63) is 69.4 Å². The Morgan fingerprint density at radius 2 is 2.00 bits per heavy atom. The molecule has 3 aromatic rings. The summed E-state index contributed by atoms with van der Waals surface area (Å²) in [5.41, 5.74) is 3.02. The number of fused-ring (bicyclic) bond motifs is 1. The molecule has 0 saturated heterocycles. The maximum atomic E-state index is 12.4. The first-order valence-electron chi connectivity index (χ1n) is 8.03. The van der Waals surface area contributed by atoms with Crippen LogP contribution in [-0.2, 0) is 10.5 Å². The van der Waals surface area contributed by atoms with E-state index in [9.17, 15) is 14.9 Å². The molecule has 134 valence electrons. The molecule has 0 unspecified atom stereocenters. The number of non-ortho nitro benzene ring substituents is 1. The van der Waals surface area contributed by atoms with Crippen molar-refractivity contribution in [2.75, 3.05) is 6.61 Å². The number of benzene rings is 1. The Kier molecular flexibility index (Phi) is 5.22. The molecule has 8 heteroatoms. The van der Waals surface area contributed by atoms with Gasteiger partial charge in [-0.05, 0) is 31.5 Å². The molecule has 0 aliphatic rings. The number of esters is 1. The summed E-state index contributed by atoms with van der Waals surface area (Å²) in [6, 6.07) is 12.0. The Bertz CT molecular complexity index is 966. The van der Waals surface area contributed by atoms with Crippen LogP contribution in [0.4, 0.5) is 5.69 Å². The molecule has 0 amide bonds. The van der Waals surface area contributed by atoms with Gasteiger partial charge in [-0.15, -0.1) is 0 Å². The van der Waals surface area contributed by atoms with Crippen molar-refractivity contribution in [3.63, 3.8) is 0 Å². The number of ether oxygens (including phenoxy) is 1. The molecule has 0 N–H and O–H groups in total. The fourth-order valence-corrected chi connectivity index (χ4v) is 3.51. The zero-order valence-electron chi connectivity index (χ0n) is 14.3. The second-order valence-electron chi connectivity index (χ2n) is 5.58. The smallest absolute Gasteiger partial charge is 0.343 e. The average molecular weight is 371 g/mol. The molecule has 0 aliphatic heterocycles. The van der Waals surface area contributed by atoms with Gasteiger partial charge < -0.3 is 4.74 Å². The van der Waals surface area contributed by atoms with Gasteiger partial charge in [-0.1, -0.05) is 30.0 Å². The zero-order valence-corrected chi connectivity index (χ0v) is 15.2. The number of pyridine rings is 1. The first kappa shape index (κ1) is 17.9. The van der Waals surface area contributed by atoms with Crippen LogP contribution in [0.1, 0.15) is 28.5 Å². The van der Waals surface area contributed by atoms with Crippen LogP contribution in [0, 0.1) is 17.0 Å². The van der Waals surface area contributed by atoms with Gasteiger partial charge in [-0.25, -0.2) is 9.31 Å². The van der Waals surface area contributed by atoms with Crippen molar-refractivity contribution >= 4 is 28.9 Å². The highest BCUT2D eigenvalue weighted by atomic mass is 32.2. The van der Waals surface area contributed by atoms with Gasteiger partial charge in [0.25, 0.3) is 5.69 Å². The molecular formula is C18H17N3O4S. The van der Waals surface area contributed by atoms with Crippen molar-refractivity contribution < 1.29 is 14.5 Å². The summed E-state index contributed by atoms with van der Waals surface area (Å²) < 4.78 is 6.92. The summed E-state index contributed by atoms with van der Waals surface area (Å²) in [7, 11) is 0. The van der Waals surface area contributed by atoms with Crippen LogP contribution in [-0.4, -0.2) is 27.1 Å². The Balaban J connectivity index is 1.91. The van der Waals surface area contributed by atoms with Gasteiger partial charge in [-0.2, -0.15) is 5.10 Å². The molecule has 0 aliphatic carbocycles. The summed E-state index contributed by atoms with van der Waals surface area (Å²) >= 11 is 1.40. The minimum atomic E-state index is -0.430. The standard InChI is InChI=1S/C18H17N3O4S/c1-3-25-18(22)16-15-6-4-5-12(2)20(15)19-17(16)26-11-13-7-9-14(10-8-13)21(23)24/h4-10H,3,11H2,1-2H3. The lowest BCUT2D eigenvalue weighted by Crippen LogP contribution is -2.05. The number of aryl methyl sites for hydroxylation is 1. The molecule has 2 aromatic heterocycles. The molecule has 0 radical (unpaired) electrons. The predicted octanol–water partition coefficient (Wildman–Crippen LogP) is 4.02.